The predicted molar refractivity (Wildman–Crippen MR) is 137 cm³/mol. The molecule has 2 aromatic heterocycles. The third-order valence-electron chi connectivity index (χ3n) is 6.41. The topological polar surface area (TPSA) is 290 Å². The van der Waals surface area contributed by atoms with Crippen LogP contribution in [0.15, 0.2) is 17.0 Å². The number of phosphoric ester groups is 1. The molecular formula is C20H26FN3O15P2S. The van der Waals surface area contributed by atoms with Gasteiger partial charge in [0, 0.05) is 0 Å². The molecule has 10 N–H and O–H groups in total. The molecule has 42 heavy (non-hydrogen) atoms. The largest absolute Gasteiger partial charge is 0.481 e. The van der Waals surface area contributed by atoms with Gasteiger partial charge >= 0.3 is 14.5 Å². The standard InChI is InChI=1S/C20H26FN3O15P2S/c1-2-20(21)16(30)9(36-17(20)7-4-34-15-10(7)23-6-24-18(15)22)5-35-41(33,42)39-40(31,32)38-19-13(29)11(27)12(28)14(37-19)8(26)3-25/h1,4,6,8-9,11-14,16-17,19,25-30H,3,5H2,(H,31,32)(H,33,42)(H2,22,23,24)/t8-,9+,11?,12?,13?,14?,16+,17-,19?,20+,41?/m0/s1. The van der Waals surface area contributed by atoms with Crippen molar-refractivity contribution in [2.45, 2.75) is 60.8 Å². The summed E-state index contributed by atoms with van der Waals surface area (Å²) in [5, 5.41) is 59.4. The Morgan fingerprint density at radius 1 is 1.21 bits per heavy atom. The third kappa shape index (κ3) is 6.38. The number of hydrogen-bond acceptors (Lipinski definition) is 17. The molecule has 2 aliphatic heterocycles. The fourth-order valence-electron chi connectivity index (χ4n) is 4.29. The molecule has 234 valence electrons. The molecule has 4 heterocycles. The lowest BCUT2D eigenvalue weighted by Crippen LogP contribution is -2.61. The molecule has 0 spiro atoms. The second-order valence-corrected chi connectivity index (χ2v) is 13.5. The molecule has 2 aliphatic rings. The van der Waals surface area contributed by atoms with E-state index in [0.29, 0.717) is 0 Å². The van der Waals surface area contributed by atoms with Gasteiger partial charge in [-0.2, -0.15) is 0 Å². The molecule has 2 saturated heterocycles. The maximum atomic E-state index is 15.8. The Bertz CT molecular complexity index is 1430. The summed E-state index contributed by atoms with van der Waals surface area (Å²) in [7, 11) is -5.52. The molecular weight excluding hydrogens is 635 g/mol. The number of hydrogen-bond donors (Lipinski definition) is 9. The van der Waals surface area contributed by atoms with Crippen LogP contribution in [0.5, 0.6) is 0 Å². The van der Waals surface area contributed by atoms with Crippen LogP contribution in [0.2, 0.25) is 0 Å². The Kier molecular flexibility index (Phi) is 9.75. The first-order valence-corrected chi connectivity index (χ1v) is 15.8. The number of anilines is 1. The van der Waals surface area contributed by atoms with Gasteiger partial charge in [-0.3, -0.25) is 4.52 Å². The molecule has 7 unspecified atom stereocenters. The molecule has 12 atom stereocenters. The Labute approximate surface area is 240 Å². The van der Waals surface area contributed by atoms with Gasteiger partial charge in [0.05, 0.1) is 25.0 Å². The summed E-state index contributed by atoms with van der Waals surface area (Å²) in [6.45, 7) is -6.70. The average Bonchev–Trinajstić information content (AvgIpc) is 3.46. The van der Waals surface area contributed by atoms with E-state index in [0.717, 1.165) is 12.6 Å². The van der Waals surface area contributed by atoms with Crippen LogP contribution in [0.25, 0.3) is 11.1 Å². The number of ether oxygens (including phenoxy) is 2. The summed E-state index contributed by atoms with van der Waals surface area (Å²) >= 11 is 4.69. The van der Waals surface area contributed by atoms with Crippen molar-refractivity contribution in [1.82, 2.24) is 9.97 Å². The van der Waals surface area contributed by atoms with Gasteiger partial charge < -0.3 is 64.6 Å². The second kappa shape index (κ2) is 12.3. The Morgan fingerprint density at radius 3 is 2.55 bits per heavy atom. The number of halogens is 1. The number of nitrogen functional groups attached to an aromatic ring is 1. The minimum atomic E-state index is -5.52. The van der Waals surface area contributed by atoms with Crippen molar-refractivity contribution in [2.24, 2.45) is 0 Å². The lowest BCUT2D eigenvalue weighted by Gasteiger charge is -2.41. The van der Waals surface area contributed by atoms with Gasteiger partial charge in [-0.25, -0.2) is 23.2 Å². The number of rotatable bonds is 10. The van der Waals surface area contributed by atoms with E-state index in [2.05, 4.69) is 30.6 Å². The first-order chi connectivity index (χ1) is 19.5. The van der Waals surface area contributed by atoms with Crippen LogP contribution in [0.4, 0.5) is 10.2 Å². The molecule has 0 aromatic carbocycles. The quantitative estimate of drug-likeness (QED) is 0.0937. The number of furan rings is 1. The number of nitrogens with zero attached hydrogens (tertiary/aromatic N) is 2. The highest BCUT2D eigenvalue weighted by atomic mass is 32.5. The number of nitrogens with two attached hydrogens (primary N) is 1. The fourth-order valence-corrected chi connectivity index (χ4v) is 7.39. The Morgan fingerprint density at radius 2 is 1.90 bits per heavy atom. The van der Waals surface area contributed by atoms with Crippen LogP contribution in [0.1, 0.15) is 11.7 Å². The number of phosphoric acid groups is 1. The molecule has 0 amide bonds. The van der Waals surface area contributed by atoms with E-state index >= 15 is 4.39 Å². The van der Waals surface area contributed by atoms with Gasteiger partial charge in [0.25, 0.3) is 0 Å². The van der Waals surface area contributed by atoms with E-state index in [1.54, 1.807) is 5.92 Å². The highest BCUT2D eigenvalue weighted by Crippen LogP contribution is 2.62. The summed E-state index contributed by atoms with van der Waals surface area (Å²) < 4.78 is 58.2. The molecule has 0 saturated carbocycles. The number of alkyl halides is 1. The van der Waals surface area contributed by atoms with Crippen molar-refractivity contribution in [3.05, 3.63) is 18.2 Å². The Balaban J connectivity index is 1.44. The van der Waals surface area contributed by atoms with E-state index in [1.165, 1.54) is 0 Å². The van der Waals surface area contributed by atoms with E-state index < -0.39 is 88.5 Å². The lowest BCUT2D eigenvalue weighted by atomic mass is 9.90. The molecule has 2 fully saturated rings. The SMILES string of the molecule is C#C[C@@]1(F)[C@H](O)[C@@H](COP(O)(=S)OP(=O)(O)OC2OC([C@@H](O)CO)C(O)C(O)C2O)O[C@H]1c1coc2c(N)ncnc12. The van der Waals surface area contributed by atoms with E-state index in [9.17, 15) is 39.9 Å². The van der Waals surface area contributed by atoms with Gasteiger partial charge in [0.1, 0.15) is 60.7 Å². The van der Waals surface area contributed by atoms with E-state index in [1.807, 2.05) is 0 Å². The maximum Gasteiger partial charge on any atom is 0.481 e. The monoisotopic (exact) mass is 661 g/mol. The van der Waals surface area contributed by atoms with Crippen molar-refractivity contribution in [3.63, 3.8) is 0 Å². The summed E-state index contributed by atoms with van der Waals surface area (Å²) in [5.74, 6) is 1.74. The zero-order valence-corrected chi connectivity index (χ0v) is 23.5. The van der Waals surface area contributed by atoms with Crippen LogP contribution < -0.4 is 5.73 Å². The van der Waals surface area contributed by atoms with Gasteiger partial charge in [-0.1, -0.05) is 5.92 Å². The third-order valence-corrected chi connectivity index (χ3v) is 9.92. The van der Waals surface area contributed by atoms with Crippen molar-refractivity contribution < 1.29 is 76.6 Å². The van der Waals surface area contributed by atoms with Gasteiger partial charge in [-0.15, -0.1) is 6.42 Å². The molecule has 2 aromatic rings. The number of aliphatic hydroxyl groups is 6. The normalized spacial score (nSPS) is 37.1. The number of fused-ring (bicyclic) bond motifs is 1. The molecule has 4 rings (SSSR count). The van der Waals surface area contributed by atoms with E-state index in [4.69, 9.17) is 35.7 Å². The second-order valence-electron chi connectivity index (χ2n) is 9.15. The smallest absolute Gasteiger partial charge is 0.458 e. The van der Waals surface area contributed by atoms with Crippen LogP contribution >= 0.6 is 14.5 Å². The van der Waals surface area contributed by atoms with Gasteiger partial charge in [0.2, 0.25) is 5.67 Å². The number of terminal acetylenes is 1. The number of aromatic nitrogens is 2. The number of aliphatic hydroxyl groups excluding tert-OH is 6. The van der Waals surface area contributed by atoms with Crippen LogP contribution in [-0.4, -0.2) is 118 Å². The molecule has 0 bridgehead atoms. The zero-order valence-electron chi connectivity index (χ0n) is 20.9. The lowest BCUT2D eigenvalue weighted by molar-refractivity contribution is -0.292. The molecule has 0 aliphatic carbocycles. The highest BCUT2D eigenvalue weighted by Gasteiger charge is 2.58. The minimum absolute atomic E-state index is 0.00565. The predicted octanol–water partition coefficient (Wildman–Crippen LogP) is -2.52. The van der Waals surface area contributed by atoms with Crippen LogP contribution in [0.3, 0.4) is 0 Å². The average molecular weight is 661 g/mol. The van der Waals surface area contributed by atoms with Crippen molar-refractivity contribution in [3.8, 4) is 12.3 Å². The zero-order chi connectivity index (χ0) is 31.2. The Hall–Kier alpha value is -1.73. The van der Waals surface area contributed by atoms with Crippen LogP contribution in [0, 0.1) is 12.3 Å². The van der Waals surface area contributed by atoms with Crippen molar-refractivity contribution in [2.75, 3.05) is 18.9 Å². The molecule has 0 radical (unpaired) electrons. The highest BCUT2D eigenvalue weighted by molar-refractivity contribution is 8.08. The van der Waals surface area contributed by atoms with Crippen molar-refractivity contribution >= 4 is 43.3 Å². The van der Waals surface area contributed by atoms with Crippen molar-refractivity contribution in [1.29, 1.82) is 0 Å². The first-order valence-electron chi connectivity index (χ1n) is 11.7. The molecule has 18 nitrogen and oxygen atoms in total. The van der Waals surface area contributed by atoms with Crippen LogP contribution in [-0.2, 0) is 39.2 Å². The summed E-state index contributed by atoms with van der Waals surface area (Å²) in [6, 6.07) is 0. The summed E-state index contributed by atoms with van der Waals surface area (Å²) in [4.78, 5) is 28.2. The molecule has 22 heteroatoms. The first kappa shape index (κ1) is 33.2. The minimum Gasteiger partial charge on any atom is -0.458 e. The fraction of sp³-hybridized carbons (Fsp3) is 0.600. The summed E-state index contributed by atoms with van der Waals surface area (Å²) in [6.07, 6.45) is -10.0. The van der Waals surface area contributed by atoms with Gasteiger partial charge in [0.15, 0.2) is 17.7 Å². The van der Waals surface area contributed by atoms with Gasteiger partial charge in [-0.05, 0) is 11.8 Å². The van der Waals surface area contributed by atoms with E-state index in [-0.39, 0.29) is 22.5 Å². The summed E-state index contributed by atoms with van der Waals surface area (Å²) in [5.41, 5.74) is 2.80. The maximum absolute atomic E-state index is 15.8.